The Morgan fingerprint density at radius 3 is 1.40 bits per heavy atom. The molecule has 1 aliphatic heterocycles. The number of carbonyl (C=O) groups excluding carboxylic acids is 2. The van der Waals surface area contributed by atoms with Crippen LogP contribution in [0, 0.1) is 55.9 Å². The lowest BCUT2D eigenvalue weighted by atomic mass is 9.80. The van der Waals surface area contributed by atoms with E-state index in [1.807, 2.05) is 76.0 Å². The third-order valence-electron chi connectivity index (χ3n) is 15.1. The molecule has 1 fully saturated rings. The number of rotatable bonds is 7. The standard InChI is InChI=1S/C20H13F2N3OS.C13H11N3S.C11H17BN2O2.C8H7BrN2S.C8H6BrNS.C7H3ClF2O.C4H9NO2/c1-11-7-17-16(24-10-27-17)8-13(11)12-5-6-18(23-9-12)25-20(26)19-14(21)3-2-4-15(19)22;1-8-4-12-11(16-7-17-12)5-10(8)9-2-3-13(14)15-6-9;1-10(2)11(3,4)16-12(15-10)8-5-6-9(13)14-7-8;1-4-2-7-6(3-5(4)9)11-8(10)12-7;1-5-2-8-7(3-6(5)9)10-4-11-8;8-7(11)6-4(9)2-1-3-5(6)10;1-4(2,3)7-5-6/h2-10H,1H3,(H,23,25,26);2-7H,1H3,(H2,14,15);5-7H,1-4H3,(H2,13,14);2-3H,1H3,(H2,10,11);2-4H,1H3;1-3H;1-3H3. The molecule has 18 nitrogen and oxygen atoms in total. The number of thiazole rings is 4. The molecular weight excluding hydrogens is 1530 g/mol. The van der Waals surface area contributed by atoms with Gasteiger partial charge in [-0.25, -0.2) is 52.4 Å². The van der Waals surface area contributed by atoms with Crippen LogP contribution in [0.5, 0.6) is 0 Å². The molecule has 0 bridgehead atoms. The van der Waals surface area contributed by atoms with E-state index in [2.05, 4.69) is 139 Å². The van der Waals surface area contributed by atoms with Gasteiger partial charge in [-0.15, -0.1) is 38.9 Å². The largest absolute Gasteiger partial charge is 0.496 e. The Kier molecular flexibility index (Phi) is 26.4. The molecule has 7 aromatic heterocycles. The number of hydrogen-bond acceptors (Lipinski definition) is 21. The summed E-state index contributed by atoms with van der Waals surface area (Å²) in [5, 5.41) is 4.18. The zero-order valence-electron chi connectivity index (χ0n) is 56.1. The Labute approximate surface area is 617 Å². The van der Waals surface area contributed by atoms with Crippen LogP contribution in [-0.4, -0.2) is 70.0 Å². The molecule has 0 atom stereocenters. The lowest BCUT2D eigenvalue weighted by molar-refractivity contribution is -0.00231. The van der Waals surface area contributed by atoms with Gasteiger partial charge in [0.1, 0.15) is 57.5 Å². The van der Waals surface area contributed by atoms with Gasteiger partial charge in [0.25, 0.3) is 11.1 Å². The van der Waals surface area contributed by atoms with Crippen molar-refractivity contribution >= 4 is 176 Å². The second-order valence-corrected chi connectivity index (χ2v) is 30.0. The van der Waals surface area contributed by atoms with Crippen LogP contribution in [-0.2, 0) is 14.1 Å². The van der Waals surface area contributed by atoms with Gasteiger partial charge in [0, 0.05) is 44.1 Å². The molecule has 0 saturated carbocycles. The van der Waals surface area contributed by atoms with Crippen LogP contribution in [0.25, 0.3) is 63.1 Å². The molecular formula is C71H66BBr2ClF4N12O6S4. The van der Waals surface area contributed by atoms with Crippen LogP contribution in [0.1, 0.15) is 91.4 Å². The van der Waals surface area contributed by atoms with Gasteiger partial charge in [0.2, 0.25) is 0 Å². The number of fused-ring (bicyclic) bond motifs is 4. The van der Waals surface area contributed by atoms with Crippen LogP contribution in [0.4, 0.5) is 40.1 Å². The van der Waals surface area contributed by atoms with Crippen molar-refractivity contribution in [1.29, 1.82) is 0 Å². The molecule has 0 spiro atoms. The maximum Gasteiger partial charge on any atom is 0.496 e. The monoisotopic (exact) mass is 1590 g/mol. The Hall–Kier alpha value is -8.78. The predicted molar refractivity (Wildman–Crippen MR) is 410 cm³/mol. The van der Waals surface area contributed by atoms with Crippen LogP contribution in [0.15, 0.2) is 171 Å². The highest BCUT2D eigenvalue weighted by molar-refractivity contribution is 9.10. The molecule has 0 aliphatic carbocycles. The highest BCUT2D eigenvalue weighted by Gasteiger charge is 2.51. The zero-order valence-corrected chi connectivity index (χ0v) is 63.3. The van der Waals surface area contributed by atoms with Gasteiger partial charge >= 0.3 is 7.12 Å². The highest BCUT2D eigenvalue weighted by atomic mass is 79.9. The van der Waals surface area contributed by atoms with Crippen LogP contribution in [0.3, 0.4) is 0 Å². The lowest BCUT2D eigenvalue weighted by Crippen LogP contribution is -2.41. The van der Waals surface area contributed by atoms with Crippen molar-refractivity contribution in [2.75, 3.05) is 22.5 Å². The second kappa shape index (κ2) is 34.3. The van der Waals surface area contributed by atoms with Crippen LogP contribution in [0.2, 0.25) is 0 Å². The number of anilines is 4. The van der Waals surface area contributed by atoms with Gasteiger partial charge in [-0.2, -0.15) is 0 Å². The molecule has 1 amide bonds. The molecule has 1 aliphatic rings. The molecule has 0 unspecified atom stereocenters. The second-order valence-electron chi connectivity index (χ2n) is 24.2. The SMILES string of the molecule is CC(C)(C)ON=O.CC1(C)OB(c2ccc(N)nc2)OC1(C)C.Cc1cc2sc(N)nc2cc1Br.Cc1cc2scnc2cc1-c1ccc(N)nc1.Cc1cc2scnc2cc1-c1ccc(NC(=O)c2c(F)cccc2F)nc1.Cc1cc2scnc2cc1Br.O=C(Cl)c1c(F)cccc1F. The van der Waals surface area contributed by atoms with Gasteiger partial charge in [-0.05, 0) is 224 Å². The minimum absolute atomic E-state index is 0.207. The number of aryl methyl sites for hydroxylation is 4. The summed E-state index contributed by atoms with van der Waals surface area (Å²) in [6, 6.07) is 33.8. The summed E-state index contributed by atoms with van der Waals surface area (Å²) in [7, 11) is -0.363. The fourth-order valence-corrected chi connectivity index (χ4v) is 13.0. The number of carbonyl (C=O) groups is 2. The Balaban J connectivity index is 0.000000156. The van der Waals surface area contributed by atoms with Gasteiger partial charge < -0.3 is 36.7 Å². The van der Waals surface area contributed by atoms with Gasteiger partial charge in [0.05, 0.1) is 68.6 Å². The first-order valence-electron chi connectivity index (χ1n) is 30.4. The summed E-state index contributed by atoms with van der Waals surface area (Å²) in [4.78, 5) is 65.6. The predicted octanol–water partition coefficient (Wildman–Crippen LogP) is 19.6. The molecule has 101 heavy (non-hydrogen) atoms. The molecule has 13 aromatic rings. The first-order chi connectivity index (χ1) is 47.7. The number of nitrogens with zero attached hydrogens (tertiary/aromatic N) is 8. The van der Waals surface area contributed by atoms with Gasteiger partial charge in [0.15, 0.2) is 10.5 Å². The van der Waals surface area contributed by atoms with E-state index in [1.54, 1.807) is 97.1 Å². The fraction of sp³-hybridized carbons (Fsp3) is 0.197. The number of amides is 1. The molecule has 7 N–H and O–H groups in total. The van der Waals surface area contributed by atoms with E-state index < -0.39 is 51.1 Å². The molecule has 30 heteroatoms. The maximum absolute atomic E-state index is 13.7. The van der Waals surface area contributed by atoms with E-state index in [9.17, 15) is 32.1 Å². The van der Waals surface area contributed by atoms with Crippen molar-refractivity contribution in [3.05, 3.63) is 227 Å². The third kappa shape index (κ3) is 20.9. The molecule has 14 rings (SSSR count). The van der Waals surface area contributed by atoms with E-state index in [0.717, 1.165) is 104 Å². The minimum atomic E-state index is -1.12. The Morgan fingerprint density at radius 1 is 0.564 bits per heavy atom. The number of nitrogens with one attached hydrogen (secondary N) is 1. The summed E-state index contributed by atoms with van der Waals surface area (Å²) in [5.41, 5.74) is 33.6. The lowest BCUT2D eigenvalue weighted by Gasteiger charge is -2.32. The zero-order chi connectivity index (χ0) is 73.7. The third-order valence-corrected chi connectivity index (χ3v) is 20.2. The van der Waals surface area contributed by atoms with Crippen LogP contribution < -0.4 is 28.0 Å². The topological polar surface area (TPSA) is 272 Å². The van der Waals surface area contributed by atoms with Gasteiger partial charge in [-0.1, -0.05) is 61.4 Å². The highest BCUT2D eigenvalue weighted by Crippen LogP contribution is 2.37. The number of nitrogens with two attached hydrogens (primary N) is 3. The number of halogens is 7. The first-order valence-corrected chi connectivity index (χ1v) is 35.8. The van der Waals surface area contributed by atoms with Gasteiger partial charge in [-0.3, -0.25) is 9.59 Å². The number of aromatic nitrogens is 7. The average molecular weight is 1590 g/mol. The van der Waals surface area contributed by atoms with Crippen molar-refractivity contribution in [2.24, 2.45) is 5.34 Å². The van der Waals surface area contributed by atoms with Crippen molar-refractivity contribution in [3.63, 3.8) is 0 Å². The summed E-state index contributed by atoms with van der Waals surface area (Å²) < 4.78 is 71.3. The summed E-state index contributed by atoms with van der Waals surface area (Å²) in [6.07, 6.45) is 5.10. The van der Waals surface area contributed by atoms with E-state index in [-0.39, 0.29) is 24.1 Å². The normalized spacial score (nSPS) is 12.6. The summed E-state index contributed by atoms with van der Waals surface area (Å²) >= 11 is 18.2. The molecule has 8 heterocycles. The molecule has 522 valence electrons. The van der Waals surface area contributed by atoms with Crippen molar-refractivity contribution in [1.82, 2.24) is 34.9 Å². The number of pyridine rings is 3. The first kappa shape index (κ1) is 78.0. The van der Waals surface area contributed by atoms with E-state index in [1.165, 1.54) is 43.5 Å². The Morgan fingerprint density at radius 2 is 0.990 bits per heavy atom. The average Bonchev–Trinajstić information content (AvgIpc) is 1.65. The molecule has 0 radical (unpaired) electrons. The number of hydrogen-bond donors (Lipinski definition) is 4. The van der Waals surface area contributed by atoms with E-state index in [0.29, 0.717) is 16.8 Å². The van der Waals surface area contributed by atoms with Crippen LogP contribution >= 0.6 is 88.8 Å². The Bertz CT molecular complexity index is 4940. The van der Waals surface area contributed by atoms with Crippen molar-refractivity contribution in [2.45, 2.75) is 93.0 Å². The fourth-order valence-electron chi connectivity index (χ4n) is 9.10. The van der Waals surface area contributed by atoms with E-state index in [4.69, 9.17) is 38.1 Å². The number of nitrogen functional groups attached to an aromatic ring is 3. The smallest absolute Gasteiger partial charge is 0.399 e. The molecule has 1 saturated heterocycles. The number of benzene rings is 6. The van der Waals surface area contributed by atoms with E-state index >= 15 is 0 Å². The summed E-state index contributed by atoms with van der Waals surface area (Å²) in [5.74, 6) is -3.35. The molecule has 6 aromatic carbocycles. The van der Waals surface area contributed by atoms with Crippen molar-refractivity contribution < 1.29 is 41.3 Å². The quantitative estimate of drug-likeness (QED) is 0.0380. The minimum Gasteiger partial charge on any atom is -0.399 e. The van der Waals surface area contributed by atoms with Crippen molar-refractivity contribution in [3.8, 4) is 22.3 Å². The maximum atomic E-state index is 13.7. The summed E-state index contributed by atoms with van der Waals surface area (Å²) in [6.45, 7) is 21.6.